The molecule has 23 heavy (non-hydrogen) atoms. The van der Waals surface area contributed by atoms with Crippen molar-refractivity contribution in [1.82, 2.24) is 9.88 Å². The molecule has 0 radical (unpaired) electrons. The van der Waals surface area contributed by atoms with E-state index in [1.807, 2.05) is 30.3 Å². The smallest absolute Gasteiger partial charge is 0.255 e. The highest BCUT2D eigenvalue weighted by atomic mass is 16.1. The molecular formula is C19H23N3O. The van der Waals surface area contributed by atoms with Gasteiger partial charge < -0.3 is 10.2 Å². The molecule has 1 aliphatic rings. The summed E-state index contributed by atoms with van der Waals surface area (Å²) in [4.78, 5) is 19.1. The summed E-state index contributed by atoms with van der Waals surface area (Å²) in [5.74, 6) is 0.375. The summed E-state index contributed by atoms with van der Waals surface area (Å²) in [6.07, 6.45) is 2.72. The summed E-state index contributed by atoms with van der Waals surface area (Å²) in [5.41, 5.74) is 5.01. The van der Waals surface area contributed by atoms with Crippen molar-refractivity contribution in [2.24, 2.45) is 0 Å². The lowest BCUT2D eigenvalue weighted by atomic mass is 10.0. The van der Waals surface area contributed by atoms with Crippen molar-refractivity contribution in [2.45, 2.75) is 32.7 Å². The number of hydrogen-bond acceptors (Lipinski definition) is 3. The number of fused-ring (bicyclic) bond motifs is 1. The van der Waals surface area contributed by atoms with Crippen LogP contribution in [0.25, 0.3) is 0 Å². The average molecular weight is 309 g/mol. The zero-order valence-electron chi connectivity index (χ0n) is 14.0. The topological polar surface area (TPSA) is 45.2 Å². The van der Waals surface area contributed by atoms with Gasteiger partial charge in [-0.25, -0.2) is 0 Å². The highest BCUT2D eigenvalue weighted by Crippen LogP contribution is 2.20. The second-order valence-electron chi connectivity index (χ2n) is 6.55. The van der Waals surface area contributed by atoms with Crippen molar-refractivity contribution in [3.63, 3.8) is 0 Å². The largest absolute Gasteiger partial charge is 0.321 e. The molecule has 1 aromatic heterocycles. The molecule has 1 N–H and O–H groups in total. The molecule has 0 saturated carbocycles. The molecule has 0 fully saturated rings. The Kier molecular flexibility index (Phi) is 4.44. The van der Waals surface area contributed by atoms with E-state index >= 15 is 0 Å². The molecule has 4 nitrogen and oxygen atoms in total. The molecule has 0 saturated heterocycles. The maximum absolute atomic E-state index is 12.4. The van der Waals surface area contributed by atoms with E-state index in [0.717, 1.165) is 30.9 Å². The Bertz CT molecular complexity index is 707. The second-order valence-corrected chi connectivity index (χ2v) is 6.55. The van der Waals surface area contributed by atoms with E-state index in [1.165, 1.54) is 11.1 Å². The zero-order chi connectivity index (χ0) is 16.4. The number of hydrogen-bond donors (Lipinski definition) is 1. The monoisotopic (exact) mass is 309 g/mol. The molecule has 0 unspecified atom stereocenters. The van der Waals surface area contributed by atoms with Crippen LogP contribution in [0, 0.1) is 0 Å². The maximum atomic E-state index is 12.4. The van der Waals surface area contributed by atoms with Crippen molar-refractivity contribution < 1.29 is 4.79 Å². The van der Waals surface area contributed by atoms with Crippen molar-refractivity contribution >= 4 is 11.6 Å². The number of amides is 1. The minimum atomic E-state index is -0.0915. The van der Waals surface area contributed by atoms with E-state index in [9.17, 15) is 4.79 Å². The predicted octanol–water partition coefficient (Wildman–Crippen LogP) is 3.45. The van der Waals surface area contributed by atoms with Crippen LogP contribution in [0.4, 0.5) is 5.69 Å². The fourth-order valence-corrected chi connectivity index (χ4v) is 2.86. The molecule has 1 aliphatic heterocycles. The van der Waals surface area contributed by atoms with Crippen LogP contribution in [-0.2, 0) is 13.0 Å². The lowest BCUT2D eigenvalue weighted by Crippen LogP contribution is -2.27. The van der Waals surface area contributed by atoms with Crippen molar-refractivity contribution in [1.29, 1.82) is 0 Å². The van der Waals surface area contributed by atoms with Gasteiger partial charge >= 0.3 is 0 Å². The lowest BCUT2D eigenvalue weighted by Gasteiger charge is -2.24. The second kappa shape index (κ2) is 6.50. The molecular weight excluding hydrogens is 286 g/mol. The van der Waals surface area contributed by atoms with Gasteiger partial charge in [0.2, 0.25) is 0 Å². The molecule has 0 bridgehead atoms. The minimum absolute atomic E-state index is 0.0915. The number of benzene rings is 1. The fourth-order valence-electron chi connectivity index (χ4n) is 2.86. The number of pyridine rings is 1. The first kappa shape index (κ1) is 15.7. The third kappa shape index (κ3) is 3.59. The van der Waals surface area contributed by atoms with Gasteiger partial charge in [-0.1, -0.05) is 26.0 Å². The molecule has 1 aromatic carbocycles. The number of carbonyl (C=O) groups excluding carboxylic acids is 1. The van der Waals surface area contributed by atoms with Gasteiger partial charge in [-0.2, -0.15) is 0 Å². The number of carbonyl (C=O) groups is 1. The van der Waals surface area contributed by atoms with Gasteiger partial charge in [-0.15, -0.1) is 0 Å². The van der Waals surface area contributed by atoms with Crippen molar-refractivity contribution in [3.05, 3.63) is 58.9 Å². The highest BCUT2D eigenvalue weighted by Gasteiger charge is 2.15. The molecule has 3 rings (SSSR count). The first-order valence-corrected chi connectivity index (χ1v) is 8.10. The van der Waals surface area contributed by atoms with Gasteiger partial charge in [0.1, 0.15) is 0 Å². The molecule has 0 spiro atoms. The summed E-state index contributed by atoms with van der Waals surface area (Å²) in [6.45, 7) is 6.21. The Morgan fingerprint density at radius 3 is 2.70 bits per heavy atom. The number of nitrogens with one attached hydrogen (secondary N) is 1. The van der Waals surface area contributed by atoms with Crippen LogP contribution in [0.1, 0.15) is 46.9 Å². The fraction of sp³-hybridized carbons (Fsp3) is 0.368. The highest BCUT2D eigenvalue weighted by molar-refractivity contribution is 6.04. The van der Waals surface area contributed by atoms with Crippen LogP contribution in [0.15, 0.2) is 36.5 Å². The van der Waals surface area contributed by atoms with Gasteiger partial charge in [-0.3, -0.25) is 9.78 Å². The average Bonchev–Trinajstić information content (AvgIpc) is 2.54. The number of aromatic nitrogens is 1. The van der Waals surface area contributed by atoms with Gasteiger partial charge in [-0.05, 0) is 42.3 Å². The van der Waals surface area contributed by atoms with E-state index in [1.54, 1.807) is 6.20 Å². The first-order valence-electron chi connectivity index (χ1n) is 8.10. The number of nitrogens with zero attached hydrogens (tertiary/aromatic N) is 2. The van der Waals surface area contributed by atoms with Crippen LogP contribution < -0.4 is 5.32 Å². The lowest BCUT2D eigenvalue weighted by molar-refractivity contribution is 0.102. The van der Waals surface area contributed by atoms with E-state index in [0.29, 0.717) is 11.5 Å². The van der Waals surface area contributed by atoms with Crippen molar-refractivity contribution in [2.75, 3.05) is 18.9 Å². The molecule has 0 aliphatic carbocycles. The normalized spacial score (nSPS) is 14.6. The Labute approximate surface area is 137 Å². The summed E-state index contributed by atoms with van der Waals surface area (Å²) >= 11 is 0. The quantitative estimate of drug-likeness (QED) is 0.944. The Hall–Kier alpha value is -2.20. The summed E-state index contributed by atoms with van der Waals surface area (Å²) in [5, 5.41) is 2.95. The summed E-state index contributed by atoms with van der Waals surface area (Å²) in [7, 11) is 2.10. The van der Waals surface area contributed by atoms with Gasteiger partial charge in [0.15, 0.2) is 0 Å². The molecule has 0 atom stereocenters. The van der Waals surface area contributed by atoms with Gasteiger partial charge in [0.05, 0.1) is 11.9 Å². The van der Waals surface area contributed by atoms with Crippen LogP contribution in [0.3, 0.4) is 0 Å². The summed E-state index contributed by atoms with van der Waals surface area (Å²) in [6, 6.07) is 9.83. The van der Waals surface area contributed by atoms with Crippen molar-refractivity contribution in [3.8, 4) is 0 Å². The number of rotatable bonds is 3. The van der Waals surface area contributed by atoms with Gasteiger partial charge in [0.25, 0.3) is 5.91 Å². The summed E-state index contributed by atoms with van der Waals surface area (Å²) < 4.78 is 0. The number of likely N-dealkylation sites (N-methyl/N-ethyl adjacent to an activating group) is 1. The standard InChI is InChI=1S/C19H23N3O/c1-13(2)14-4-6-15(7-5-14)19(23)21-17-10-16-12-22(3)9-8-18(16)20-11-17/h4-7,10-11,13H,8-9,12H2,1-3H3,(H,21,23). The van der Waals surface area contributed by atoms with E-state index < -0.39 is 0 Å². The zero-order valence-corrected chi connectivity index (χ0v) is 14.0. The first-order chi connectivity index (χ1) is 11.0. The van der Waals surface area contributed by atoms with E-state index in [4.69, 9.17) is 0 Å². The molecule has 120 valence electrons. The van der Waals surface area contributed by atoms with Crippen LogP contribution >= 0.6 is 0 Å². The van der Waals surface area contributed by atoms with E-state index in [-0.39, 0.29) is 5.91 Å². The predicted molar refractivity (Wildman–Crippen MR) is 92.8 cm³/mol. The van der Waals surface area contributed by atoms with Gasteiger partial charge in [0, 0.05) is 30.8 Å². The molecule has 2 aromatic rings. The third-order valence-electron chi connectivity index (χ3n) is 4.33. The van der Waals surface area contributed by atoms with Crippen LogP contribution in [0.2, 0.25) is 0 Å². The van der Waals surface area contributed by atoms with Crippen LogP contribution in [0.5, 0.6) is 0 Å². The van der Waals surface area contributed by atoms with Crippen LogP contribution in [-0.4, -0.2) is 29.4 Å². The molecule has 1 amide bonds. The molecule has 4 heteroatoms. The number of anilines is 1. The Morgan fingerprint density at radius 2 is 2.00 bits per heavy atom. The Balaban J connectivity index is 1.74. The third-order valence-corrected chi connectivity index (χ3v) is 4.33. The maximum Gasteiger partial charge on any atom is 0.255 e. The SMILES string of the molecule is CC(C)c1ccc(C(=O)Nc2cnc3c(c2)CN(C)CC3)cc1. The minimum Gasteiger partial charge on any atom is -0.321 e. The molecule has 2 heterocycles. The Morgan fingerprint density at radius 1 is 1.26 bits per heavy atom. The van der Waals surface area contributed by atoms with E-state index in [2.05, 4.69) is 36.1 Å².